The molecule has 136 valence electrons. The molecule has 0 saturated carbocycles. The third-order valence-electron chi connectivity index (χ3n) is 3.27. The number of nitrogens with one attached hydrogen (secondary N) is 1. The van der Waals surface area contributed by atoms with E-state index in [4.69, 9.17) is 20.8 Å². The first kappa shape index (κ1) is 19.2. The monoisotopic (exact) mass is 378 g/mol. The second-order valence-electron chi connectivity index (χ2n) is 5.21. The molecule has 0 fully saturated rings. The van der Waals surface area contributed by atoms with Crippen LogP contribution in [0.1, 0.15) is 24.3 Å². The first-order valence-corrected chi connectivity index (χ1v) is 7.87. The molecular weight excluding hydrogens is 364 g/mol. The number of halogens is 1. The van der Waals surface area contributed by atoms with E-state index in [1.54, 1.807) is 31.2 Å². The Kier molecular flexibility index (Phi) is 6.51. The number of hydrogen-bond acceptors (Lipinski definition) is 6. The average molecular weight is 379 g/mol. The molecule has 2 aromatic rings. The summed E-state index contributed by atoms with van der Waals surface area (Å²) in [4.78, 5) is 33.2. The van der Waals surface area contributed by atoms with E-state index in [9.17, 15) is 19.7 Å². The van der Waals surface area contributed by atoms with Crippen molar-refractivity contribution in [2.75, 3.05) is 6.61 Å². The van der Waals surface area contributed by atoms with Crippen molar-refractivity contribution in [2.24, 2.45) is 0 Å². The number of hydrogen-bond donors (Lipinski definition) is 1. The highest BCUT2D eigenvalue weighted by molar-refractivity contribution is 6.30. The van der Waals surface area contributed by atoms with Gasteiger partial charge in [0.1, 0.15) is 10.7 Å². The minimum Gasteiger partial charge on any atom is -0.452 e. The van der Waals surface area contributed by atoms with E-state index in [0.29, 0.717) is 5.02 Å². The topological polar surface area (TPSA) is 112 Å². The molecule has 0 unspecified atom stereocenters. The quantitative estimate of drug-likeness (QED) is 0.342. The van der Waals surface area contributed by atoms with Crippen LogP contribution >= 0.6 is 11.6 Å². The number of carbonyl (C=O) groups is 2. The van der Waals surface area contributed by atoms with Crippen molar-refractivity contribution in [1.29, 1.82) is 0 Å². The summed E-state index contributed by atoms with van der Waals surface area (Å²) in [5.74, 6) is -1.57. The van der Waals surface area contributed by atoms with E-state index in [1.165, 1.54) is 12.1 Å². The van der Waals surface area contributed by atoms with Gasteiger partial charge in [-0.3, -0.25) is 14.9 Å². The fourth-order valence-electron chi connectivity index (χ4n) is 1.98. The lowest BCUT2D eigenvalue weighted by Gasteiger charge is -2.14. The molecule has 0 bridgehead atoms. The smallest absolute Gasteiger partial charge is 0.433 e. The van der Waals surface area contributed by atoms with Gasteiger partial charge in [0.15, 0.2) is 6.61 Å². The lowest BCUT2D eigenvalue weighted by atomic mass is 10.1. The highest BCUT2D eigenvalue weighted by atomic mass is 35.5. The molecule has 8 nitrogen and oxygen atoms in total. The Morgan fingerprint density at radius 1 is 1.31 bits per heavy atom. The third kappa shape index (κ3) is 5.75. The van der Waals surface area contributed by atoms with Gasteiger partial charge in [-0.1, -0.05) is 23.7 Å². The highest BCUT2D eigenvalue weighted by Gasteiger charge is 2.12. The van der Waals surface area contributed by atoms with Crippen molar-refractivity contribution in [3.8, 4) is 0 Å². The Bertz CT molecular complexity index is 828. The summed E-state index contributed by atoms with van der Waals surface area (Å²) in [5.41, 5.74) is 0.855. The van der Waals surface area contributed by atoms with Gasteiger partial charge in [0.25, 0.3) is 5.91 Å². The summed E-state index contributed by atoms with van der Waals surface area (Å²) in [6.45, 7) is 1.33. The van der Waals surface area contributed by atoms with Gasteiger partial charge in [-0.2, -0.15) is 0 Å². The highest BCUT2D eigenvalue weighted by Crippen LogP contribution is 2.17. The molecule has 0 aliphatic heterocycles. The number of benzene rings is 1. The van der Waals surface area contributed by atoms with Crippen LogP contribution in [0.2, 0.25) is 5.02 Å². The summed E-state index contributed by atoms with van der Waals surface area (Å²) in [6.07, 6.45) is 2.22. The first-order chi connectivity index (χ1) is 12.3. The Morgan fingerprint density at radius 3 is 2.62 bits per heavy atom. The molecule has 1 N–H and O–H groups in total. The predicted molar refractivity (Wildman–Crippen MR) is 93.4 cm³/mol. The van der Waals surface area contributed by atoms with Gasteiger partial charge in [0.05, 0.1) is 12.1 Å². The Hall–Kier alpha value is -3.13. The Morgan fingerprint density at radius 2 is 2.00 bits per heavy atom. The van der Waals surface area contributed by atoms with Crippen molar-refractivity contribution in [3.05, 3.63) is 68.9 Å². The number of ether oxygens (including phenoxy) is 1. The Labute approximate surface area is 153 Å². The van der Waals surface area contributed by atoms with Gasteiger partial charge in [-0.05, 0) is 36.8 Å². The predicted octanol–water partition coefficient (Wildman–Crippen LogP) is 3.28. The van der Waals surface area contributed by atoms with Crippen molar-refractivity contribution in [1.82, 2.24) is 5.32 Å². The molecule has 0 saturated heterocycles. The van der Waals surface area contributed by atoms with Gasteiger partial charge in [-0.25, -0.2) is 4.79 Å². The minimum atomic E-state index is -0.779. The Balaban J connectivity index is 1.78. The molecule has 0 radical (unpaired) electrons. The van der Waals surface area contributed by atoms with Crippen LogP contribution in [0.5, 0.6) is 0 Å². The van der Waals surface area contributed by atoms with Crippen LogP contribution in [0.4, 0.5) is 5.88 Å². The minimum absolute atomic E-state index is 0.120. The lowest BCUT2D eigenvalue weighted by Crippen LogP contribution is -2.30. The largest absolute Gasteiger partial charge is 0.452 e. The zero-order chi connectivity index (χ0) is 19.1. The number of nitrogens with zero attached hydrogens (tertiary/aromatic N) is 1. The van der Waals surface area contributed by atoms with Gasteiger partial charge in [0.2, 0.25) is 0 Å². The molecule has 1 aromatic carbocycles. The first-order valence-electron chi connectivity index (χ1n) is 7.49. The van der Waals surface area contributed by atoms with Crippen LogP contribution in [-0.2, 0) is 14.3 Å². The standard InChI is InChI=1S/C17H15ClN2O6/c1-11(12-2-4-13(18)5-3-12)19-15(21)10-25-17(22)9-7-14-6-8-16(26-14)20(23)24/h2-9,11H,10H2,1H3,(H,19,21)/b9-7+/t11-/m0/s1. The summed E-state index contributed by atoms with van der Waals surface area (Å²) >= 11 is 5.81. The van der Waals surface area contributed by atoms with Crippen molar-refractivity contribution in [3.63, 3.8) is 0 Å². The summed E-state index contributed by atoms with van der Waals surface area (Å²) in [7, 11) is 0. The molecule has 0 spiro atoms. The normalized spacial score (nSPS) is 11.9. The summed E-state index contributed by atoms with van der Waals surface area (Å²) < 4.78 is 9.65. The number of esters is 1. The zero-order valence-corrected chi connectivity index (χ0v) is 14.4. The summed E-state index contributed by atoms with van der Waals surface area (Å²) in [5, 5.41) is 13.8. The lowest BCUT2D eigenvalue weighted by molar-refractivity contribution is -0.402. The van der Waals surface area contributed by atoms with Crippen LogP contribution in [-0.4, -0.2) is 23.4 Å². The van der Waals surface area contributed by atoms with Crippen molar-refractivity contribution < 1.29 is 23.7 Å². The molecule has 26 heavy (non-hydrogen) atoms. The molecule has 0 aliphatic carbocycles. The van der Waals surface area contributed by atoms with E-state index >= 15 is 0 Å². The maximum absolute atomic E-state index is 11.8. The van der Waals surface area contributed by atoms with Gasteiger partial charge in [0, 0.05) is 11.1 Å². The fraction of sp³-hybridized carbons (Fsp3) is 0.176. The molecule has 1 amide bonds. The third-order valence-corrected chi connectivity index (χ3v) is 3.52. The maximum Gasteiger partial charge on any atom is 0.433 e. The second-order valence-corrected chi connectivity index (χ2v) is 5.65. The number of carbonyl (C=O) groups excluding carboxylic acids is 2. The van der Waals surface area contributed by atoms with Gasteiger partial charge < -0.3 is 14.5 Å². The van der Waals surface area contributed by atoms with Crippen molar-refractivity contribution >= 4 is 35.4 Å². The van der Waals surface area contributed by atoms with Crippen molar-refractivity contribution in [2.45, 2.75) is 13.0 Å². The van der Waals surface area contributed by atoms with Gasteiger partial charge in [-0.15, -0.1) is 0 Å². The average Bonchev–Trinajstić information content (AvgIpc) is 3.08. The zero-order valence-electron chi connectivity index (χ0n) is 13.7. The van der Waals surface area contributed by atoms with Crippen LogP contribution in [0.15, 0.2) is 46.9 Å². The van der Waals surface area contributed by atoms with E-state index in [2.05, 4.69) is 5.32 Å². The fourth-order valence-corrected chi connectivity index (χ4v) is 2.11. The molecular formula is C17H15ClN2O6. The maximum atomic E-state index is 11.8. The molecule has 2 rings (SSSR count). The number of rotatable bonds is 7. The SMILES string of the molecule is C[C@H](NC(=O)COC(=O)/C=C/c1ccc([N+](=O)[O-])o1)c1ccc(Cl)cc1. The molecule has 1 heterocycles. The van der Waals surface area contributed by atoms with Crippen LogP contribution < -0.4 is 5.32 Å². The van der Waals surface area contributed by atoms with E-state index in [-0.39, 0.29) is 11.8 Å². The molecule has 0 aliphatic rings. The van der Waals surface area contributed by atoms with Crippen LogP contribution in [0.3, 0.4) is 0 Å². The van der Waals surface area contributed by atoms with Crippen LogP contribution in [0, 0.1) is 10.1 Å². The van der Waals surface area contributed by atoms with E-state index in [1.807, 2.05) is 0 Å². The summed E-state index contributed by atoms with van der Waals surface area (Å²) in [6, 6.07) is 9.21. The van der Waals surface area contributed by atoms with E-state index in [0.717, 1.165) is 17.7 Å². The molecule has 9 heteroatoms. The van der Waals surface area contributed by atoms with Gasteiger partial charge >= 0.3 is 11.9 Å². The van der Waals surface area contributed by atoms with E-state index < -0.39 is 29.3 Å². The molecule has 1 aromatic heterocycles. The number of amides is 1. The second kappa shape index (κ2) is 8.82. The van der Waals surface area contributed by atoms with Crippen LogP contribution in [0.25, 0.3) is 6.08 Å². The number of nitro groups is 1. The molecule has 1 atom stereocenters. The number of furan rings is 1.